The Kier molecular flexibility index (Phi) is 8.55. The molecule has 3 aromatic heterocycles. The van der Waals surface area contributed by atoms with Crippen LogP contribution in [0.2, 0.25) is 0 Å². The van der Waals surface area contributed by atoms with Crippen molar-refractivity contribution in [2.75, 3.05) is 0 Å². The van der Waals surface area contributed by atoms with Gasteiger partial charge in [0.25, 0.3) is 0 Å². The van der Waals surface area contributed by atoms with Crippen molar-refractivity contribution in [2.45, 2.75) is 107 Å². The lowest BCUT2D eigenvalue weighted by Crippen LogP contribution is -1.97. The molecular formula is C37H45N5. The smallest absolute Gasteiger partial charge is 0.235 e. The fraction of sp³-hybridized carbons (Fsp3) is 0.432. The van der Waals surface area contributed by atoms with E-state index < -0.39 is 0 Å². The third-order valence-corrected chi connectivity index (χ3v) is 9.16. The maximum absolute atomic E-state index is 8.43. The van der Waals surface area contributed by atoms with Gasteiger partial charge in [0.15, 0.2) is 0 Å². The highest BCUT2D eigenvalue weighted by atomic mass is 14.9. The van der Waals surface area contributed by atoms with E-state index in [-0.39, 0.29) is 0 Å². The molecule has 5 heterocycles. The predicted molar refractivity (Wildman–Crippen MR) is 180 cm³/mol. The number of fused-ring (bicyclic) bond motifs is 8. The average Bonchev–Trinajstić information content (AvgIpc) is 3.77. The predicted octanol–water partition coefficient (Wildman–Crippen LogP) is 10.6. The molecule has 0 atom stereocenters. The highest BCUT2D eigenvalue weighted by Gasteiger charge is 2.28. The number of hydrogen-bond donors (Lipinski definition) is 2. The number of aromatic nitrogens is 4. The Labute approximate surface area is 251 Å². The average molecular weight is 560 g/mol. The van der Waals surface area contributed by atoms with Gasteiger partial charge >= 0.3 is 0 Å². The van der Waals surface area contributed by atoms with Crippen LogP contribution >= 0.6 is 0 Å². The van der Waals surface area contributed by atoms with Crippen molar-refractivity contribution < 1.29 is 0 Å². The number of hydrogen-bond acceptors (Lipinski definition) is 2. The maximum atomic E-state index is 8.43. The molecule has 42 heavy (non-hydrogen) atoms. The van der Waals surface area contributed by atoms with Crippen molar-refractivity contribution in [1.82, 2.24) is 19.9 Å². The van der Waals surface area contributed by atoms with Crippen LogP contribution in [0.15, 0.2) is 18.2 Å². The topological polar surface area (TPSA) is 61.7 Å². The van der Waals surface area contributed by atoms with Crippen LogP contribution in [0.4, 0.5) is 5.69 Å². The standard InChI is InChI=1S/C37H45N5/c1-10-22-23(11-2)35-37(38-9)36-27(15-6)26(14-5)34(42-36)29(17-8)33-25(13-4)24(12-3)32(41-33)28(16-7)30-19-18-21(39-30)20-31(22)40-35/h18-20,39-40H,10-17H2,1-8H3. The Hall–Kier alpha value is -3.91. The second-order valence-corrected chi connectivity index (χ2v) is 11.1. The molecule has 218 valence electrons. The van der Waals surface area contributed by atoms with Gasteiger partial charge in [-0.1, -0.05) is 55.4 Å². The lowest BCUT2D eigenvalue weighted by molar-refractivity contribution is 1.04. The van der Waals surface area contributed by atoms with E-state index in [0.29, 0.717) is 5.69 Å². The minimum atomic E-state index is 0.636. The van der Waals surface area contributed by atoms with Crippen LogP contribution in [-0.2, 0) is 25.7 Å². The SMILES string of the molecule is [C-]#[N+]c1c2nc(c(CC)c3nc(c(CC)c4ccc(cc5[nH]c1c(CC)c5CC)[nH]4)C(CC)=C3CC)C(CC)=C2CC. The normalized spacial score (nSPS) is 13.3. The zero-order valence-corrected chi connectivity index (χ0v) is 26.7. The molecule has 0 unspecified atom stereocenters. The number of nitrogens with one attached hydrogen (secondary N) is 2. The van der Waals surface area contributed by atoms with Crippen molar-refractivity contribution in [3.8, 4) is 0 Å². The third-order valence-electron chi connectivity index (χ3n) is 9.16. The number of aromatic amines is 2. The first-order chi connectivity index (χ1) is 20.4. The summed E-state index contributed by atoms with van der Waals surface area (Å²) in [4.78, 5) is 22.5. The molecule has 0 saturated carbocycles. The van der Waals surface area contributed by atoms with E-state index in [1.807, 2.05) is 0 Å². The Morgan fingerprint density at radius 1 is 0.548 bits per heavy atom. The summed E-state index contributed by atoms with van der Waals surface area (Å²) in [6.45, 7) is 26.2. The zero-order chi connectivity index (χ0) is 30.1. The van der Waals surface area contributed by atoms with Crippen LogP contribution < -0.4 is 0 Å². The Balaban J connectivity index is 2.14. The van der Waals surface area contributed by atoms with Gasteiger partial charge in [0, 0.05) is 33.2 Å². The molecule has 0 saturated heterocycles. The second kappa shape index (κ2) is 12.1. The molecule has 0 spiro atoms. The van der Waals surface area contributed by atoms with Gasteiger partial charge in [-0.15, -0.1) is 0 Å². The van der Waals surface area contributed by atoms with Gasteiger partial charge in [-0.2, -0.15) is 0 Å². The molecule has 8 bridgehead atoms. The molecule has 3 aromatic rings. The van der Waals surface area contributed by atoms with Gasteiger partial charge in [-0.25, -0.2) is 9.83 Å². The minimum Gasteiger partial charge on any atom is -0.364 e. The first-order valence-corrected chi connectivity index (χ1v) is 16.1. The molecule has 2 aliphatic heterocycles. The summed E-state index contributed by atoms with van der Waals surface area (Å²) < 4.78 is 0. The molecule has 0 fully saturated rings. The summed E-state index contributed by atoms with van der Waals surface area (Å²) in [7, 11) is 0. The first-order valence-electron chi connectivity index (χ1n) is 16.1. The molecule has 5 rings (SSSR count). The van der Waals surface area contributed by atoms with E-state index in [1.54, 1.807) is 0 Å². The zero-order valence-electron chi connectivity index (χ0n) is 26.7. The van der Waals surface area contributed by atoms with E-state index in [0.717, 1.165) is 96.2 Å². The number of allylic oxidation sites excluding steroid dienone is 4. The van der Waals surface area contributed by atoms with E-state index in [4.69, 9.17) is 16.5 Å². The quantitative estimate of drug-likeness (QED) is 0.270. The minimum absolute atomic E-state index is 0.636. The van der Waals surface area contributed by atoms with Crippen LogP contribution in [0.3, 0.4) is 0 Å². The summed E-state index contributed by atoms with van der Waals surface area (Å²) in [6, 6.07) is 6.58. The summed E-state index contributed by atoms with van der Waals surface area (Å²) in [5, 5.41) is 0. The van der Waals surface area contributed by atoms with Crippen molar-refractivity contribution in [3.05, 3.63) is 74.6 Å². The number of rotatable bonds is 8. The Bertz CT molecular complexity index is 1820. The highest BCUT2D eigenvalue weighted by molar-refractivity contribution is 6.01. The second-order valence-electron chi connectivity index (χ2n) is 11.1. The van der Waals surface area contributed by atoms with Crippen LogP contribution in [-0.4, -0.2) is 19.9 Å². The van der Waals surface area contributed by atoms with E-state index in [9.17, 15) is 0 Å². The third kappa shape index (κ3) is 4.53. The van der Waals surface area contributed by atoms with Crippen LogP contribution in [0.25, 0.3) is 49.2 Å². The number of H-pyrrole nitrogens is 2. The van der Waals surface area contributed by atoms with Gasteiger partial charge in [0.1, 0.15) is 0 Å². The molecule has 0 radical (unpaired) electrons. The van der Waals surface area contributed by atoms with Gasteiger partial charge in [0.2, 0.25) is 5.69 Å². The molecular weight excluding hydrogens is 514 g/mol. The van der Waals surface area contributed by atoms with E-state index in [2.05, 4.69) is 88.4 Å². The van der Waals surface area contributed by atoms with Crippen molar-refractivity contribution in [2.24, 2.45) is 0 Å². The molecule has 0 aliphatic carbocycles. The summed E-state index contributed by atoms with van der Waals surface area (Å²) >= 11 is 0. The molecule has 0 aromatic carbocycles. The molecule has 0 amide bonds. The van der Waals surface area contributed by atoms with Gasteiger partial charge in [0.05, 0.1) is 29.3 Å². The summed E-state index contributed by atoms with van der Waals surface area (Å²) in [6.07, 6.45) is 7.05. The Morgan fingerprint density at radius 2 is 1.05 bits per heavy atom. The number of nitrogens with zero attached hydrogens (tertiary/aromatic N) is 3. The van der Waals surface area contributed by atoms with Crippen molar-refractivity contribution >= 4 is 50.0 Å². The molecule has 5 nitrogen and oxygen atoms in total. The lowest BCUT2D eigenvalue weighted by Gasteiger charge is -2.10. The number of aryl methyl sites for hydroxylation is 3. The highest BCUT2D eigenvalue weighted by Crippen LogP contribution is 2.45. The van der Waals surface area contributed by atoms with Gasteiger partial charge in [-0.3, -0.25) is 4.98 Å². The van der Waals surface area contributed by atoms with Crippen molar-refractivity contribution in [1.29, 1.82) is 0 Å². The van der Waals surface area contributed by atoms with E-state index in [1.165, 1.54) is 44.5 Å². The van der Waals surface area contributed by atoms with Crippen LogP contribution in [0, 0.1) is 6.57 Å². The summed E-state index contributed by atoms with van der Waals surface area (Å²) in [5.74, 6) is 0. The van der Waals surface area contributed by atoms with E-state index >= 15 is 0 Å². The Morgan fingerprint density at radius 3 is 1.55 bits per heavy atom. The molecule has 2 N–H and O–H groups in total. The monoisotopic (exact) mass is 559 g/mol. The first kappa shape index (κ1) is 29.6. The lowest BCUT2D eigenvalue weighted by atomic mass is 9.92. The fourth-order valence-electron chi connectivity index (χ4n) is 7.24. The fourth-order valence-corrected chi connectivity index (χ4v) is 7.24. The maximum Gasteiger partial charge on any atom is 0.235 e. The molecule has 2 aliphatic rings. The van der Waals surface area contributed by atoms with Gasteiger partial charge < -0.3 is 9.97 Å². The molecule has 5 heteroatoms. The largest absolute Gasteiger partial charge is 0.364 e. The van der Waals surface area contributed by atoms with Gasteiger partial charge in [-0.05, 0) is 103 Å². The van der Waals surface area contributed by atoms with Crippen LogP contribution in [0.5, 0.6) is 0 Å². The summed E-state index contributed by atoms with van der Waals surface area (Å²) in [5.41, 5.74) is 19.0. The van der Waals surface area contributed by atoms with Crippen molar-refractivity contribution in [3.63, 3.8) is 0 Å². The van der Waals surface area contributed by atoms with Crippen LogP contribution in [0.1, 0.15) is 126 Å².